The van der Waals surface area contributed by atoms with E-state index in [9.17, 15) is 0 Å². The summed E-state index contributed by atoms with van der Waals surface area (Å²) in [6.07, 6.45) is 0. The molecule has 0 unspecified atom stereocenters. The summed E-state index contributed by atoms with van der Waals surface area (Å²) in [5.41, 5.74) is 16.7. The quantitative estimate of drug-likeness (QED) is 0.187. The van der Waals surface area contributed by atoms with Crippen LogP contribution in [0.4, 0.5) is 0 Å². The van der Waals surface area contributed by atoms with Crippen LogP contribution in [-0.4, -0.2) is 9.97 Å². The van der Waals surface area contributed by atoms with E-state index in [1.165, 1.54) is 55.6 Å². The molecule has 7 aromatic carbocycles. The molecule has 2 heterocycles. The van der Waals surface area contributed by atoms with Crippen molar-refractivity contribution in [1.29, 1.82) is 0 Å². The van der Waals surface area contributed by atoms with E-state index >= 15 is 0 Å². The summed E-state index contributed by atoms with van der Waals surface area (Å²) < 4.78 is 6.94. The van der Waals surface area contributed by atoms with Crippen molar-refractivity contribution in [2.24, 2.45) is 0 Å². The zero-order valence-corrected chi connectivity index (χ0v) is 29.5. The Morgan fingerprint density at radius 2 is 0.962 bits per heavy atom. The van der Waals surface area contributed by atoms with Gasteiger partial charge in [-0.3, -0.25) is 0 Å². The minimum Gasteiger partial charge on any atom is -0.457 e. The summed E-state index contributed by atoms with van der Waals surface area (Å²) in [4.78, 5) is 10.4. The van der Waals surface area contributed by atoms with Gasteiger partial charge in [0.15, 0.2) is 5.82 Å². The highest BCUT2D eigenvalue weighted by Gasteiger charge is 2.52. The fourth-order valence-electron chi connectivity index (χ4n) is 9.50. The molecule has 3 heteroatoms. The average Bonchev–Trinajstić information content (AvgIpc) is 3.63. The molecular formula is C50H34N2O. The van der Waals surface area contributed by atoms with Gasteiger partial charge in [0.25, 0.3) is 0 Å². The van der Waals surface area contributed by atoms with E-state index in [4.69, 9.17) is 14.7 Å². The fourth-order valence-corrected chi connectivity index (χ4v) is 9.50. The van der Waals surface area contributed by atoms with E-state index in [0.29, 0.717) is 0 Å². The molecule has 8 aromatic rings. The van der Waals surface area contributed by atoms with E-state index in [1.807, 2.05) is 24.3 Å². The van der Waals surface area contributed by atoms with Crippen LogP contribution in [0.3, 0.4) is 0 Å². The monoisotopic (exact) mass is 678 g/mol. The number of ether oxygens (including phenoxy) is 1. The molecule has 1 aromatic heterocycles. The summed E-state index contributed by atoms with van der Waals surface area (Å²) in [6, 6.07) is 60.8. The van der Waals surface area contributed by atoms with Crippen molar-refractivity contribution in [2.45, 2.75) is 24.7 Å². The Kier molecular flexibility index (Phi) is 6.22. The highest BCUT2D eigenvalue weighted by atomic mass is 16.5. The average molecular weight is 679 g/mol. The number of hydrogen-bond acceptors (Lipinski definition) is 3. The second kappa shape index (κ2) is 11.0. The van der Waals surface area contributed by atoms with E-state index in [-0.39, 0.29) is 5.41 Å². The number of fused-ring (bicyclic) bond motifs is 12. The van der Waals surface area contributed by atoms with Crippen molar-refractivity contribution in [2.75, 3.05) is 0 Å². The van der Waals surface area contributed by atoms with Crippen LogP contribution in [0.15, 0.2) is 170 Å². The molecule has 0 saturated heterocycles. The molecule has 250 valence electrons. The lowest BCUT2D eigenvalue weighted by molar-refractivity contribution is 0.435. The SMILES string of the molecule is CC1(C)c2cc3c(cc2-c2cccc(-c4cc(-c5ccccc5)nc(-c5ccccc5)n4)c21)C1(c2ccccc2O3)c2ccccc2-c2ccccc21. The van der Waals surface area contributed by atoms with Gasteiger partial charge in [0.05, 0.1) is 16.8 Å². The number of hydrogen-bond donors (Lipinski definition) is 0. The van der Waals surface area contributed by atoms with Gasteiger partial charge in [-0.2, -0.15) is 0 Å². The smallest absolute Gasteiger partial charge is 0.160 e. The van der Waals surface area contributed by atoms with Gasteiger partial charge in [-0.15, -0.1) is 0 Å². The van der Waals surface area contributed by atoms with Crippen LogP contribution in [0.1, 0.15) is 47.2 Å². The van der Waals surface area contributed by atoms with Gasteiger partial charge in [0.2, 0.25) is 0 Å². The minimum atomic E-state index is -0.515. The van der Waals surface area contributed by atoms with E-state index in [0.717, 1.165) is 45.4 Å². The summed E-state index contributed by atoms with van der Waals surface area (Å²) in [5, 5.41) is 0. The van der Waals surface area contributed by atoms with Crippen LogP contribution in [0.25, 0.3) is 56.2 Å². The second-order valence-electron chi connectivity index (χ2n) is 14.9. The van der Waals surface area contributed by atoms with Gasteiger partial charge in [-0.25, -0.2) is 9.97 Å². The molecule has 2 aliphatic carbocycles. The van der Waals surface area contributed by atoms with E-state index in [1.54, 1.807) is 0 Å². The van der Waals surface area contributed by atoms with Crippen LogP contribution in [0.2, 0.25) is 0 Å². The summed E-state index contributed by atoms with van der Waals surface area (Å²) in [7, 11) is 0. The molecule has 0 amide bonds. The normalized spacial score (nSPS) is 14.7. The van der Waals surface area contributed by atoms with Crippen molar-refractivity contribution < 1.29 is 4.74 Å². The number of nitrogens with zero attached hydrogens (tertiary/aromatic N) is 2. The van der Waals surface area contributed by atoms with Crippen molar-refractivity contribution >= 4 is 0 Å². The first-order valence-corrected chi connectivity index (χ1v) is 18.3. The van der Waals surface area contributed by atoms with Crippen LogP contribution >= 0.6 is 0 Å². The van der Waals surface area contributed by atoms with Crippen molar-refractivity contribution in [1.82, 2.24) is 9.97 Å². The van der Waals surface area contributed by atoms with Gasteiger partial charge in [0.1, 0.15) is 11.5 Å². The molecule has 0 radical (unpaired) electrons. The zero-order chi connectivity index (χ0) is 35.3. The Hall–Kier alpha value is -6.58. The molecule has 0 fully saturated rings. The number of rotatable bonds is 3. The Balaban J connectivity index is 1.17. The summed E-state index contributed by atoms with van der Waals surface area (Å²) in [5.74, 6) is 2.54. The Bertz CT molecular complexity index is 2680. The number of benzene rings is 7. The highest BCUT2D eigenvalue weighted by Crippen LogP contribution is 2.64. The summed E-state index contributed by atoms with van der Waals surface area (Å²) in [6.45, 7) is 4.69. The third-order valence-corrected chi connectivity index (χ3v) is 11.7. The molecular weight excluding hydrogens is 645 g/mol. The molecule has 0 bridgehead atoms. The maximum Gasteiger partial charge on any atom is 0.160 e. The molecule has 0 atom stereocenters. The van der Waals surface area contributed by atoms with Crippen LogP contribution in [0, 0.1) is 0 Å². The Labute approximate surface area is 309 Å². The molecule has 11 rings (SSSR count). The van der Waals surface area contributed by atoms with Gasteiger partial charge in [-0.05, 0) is 68.8 Å². The second-order valence-corrected chi connectivity index (χ2v) is 14.9. The topological polar surface area (TPSA) is 35.0 Å². The van der Waals surface area contributed by atoms with E-state index < -0.39 is 5.41 Å². The maximum absolute atomic E-state index is 6.94. The van der Waals surface area contributed by atoms with Crippen molar-refractivity contribution in [3.05, 3.63) is 203 Å². The third-order valence-electron chi connectivity index (χ3n) is 11.7. The van der Waals surface area contributed by atoms with Crippen LogP contribution in [-0.2, 0) is 10.8 Å². The predicted molar refractivity (Wildman–Crippen MR) is 213 cm³/mol. The van der Waals surface area contributed by atoms with Crippen molar-refractivity contribution in [3.8, 4) is 67.7 Å². The first kappa shape index (κ1) is 30.1. The maximum atomic E-state index is 6.94. The minimum absolute atomic E-state index is 0.333. The lowest BCUT2D eigenvalue weighted by atomic mass is 9.65. The lowest BCUT2D eigenvalue weighted by Gasteiger charge is -2.40. The van der Waals surface area contributed by atoms with Crippen molar-refractivity contribution in [3.63, 3.8) is 0 Å². The van der Waals surface area contributed by atoms with Gasteiger partial charge in [0, 0.05) is 33.2 Å². The van der Waals surface area contributed by atoms with Crippen LogP contribution < -0.4 is 4.74 Å². The van der Waals surface area contributed by atoms with Gasteiger partial charge in [-0.1, -0.05) is 159 Å². The van der Waals surface area contributed by atoms with Gasteiger partial charge >= 0.3 is 0 Å². The highest BCUT2D eigenvalue weighted by molar-refractivity contribution is 5.93. The number of aromatic nitrogens is 2. The summed E-state index contributed by atoms with van der Waals surface area (Å²) >= 11 is 0. The fraction of sp³-hybridized carbons (Fsp3) is 0.0800. The zero-order valence-electron chi connectivity index (χ0n) is 29.5. The molecule has 53 heavy (non-hydrogen) atoms. The predicted octanol–water partition coefficient (Wildman–Crippen LogP) is 12.3. The van der Waals surface area contributed by atoms with Gasteiger partial charge < -0.3 is 4.74 Å². The Morgan fingerprint density at radius 1 is 0.396 bits per heavy atom. The first-order chi connectivity index (χ1) is 26.0. The largest absolute Gasteiger partial charge is 0.457 e. The standard InChI is InChI=1S/C50H34N2O/c1-49(2)41-29-46-42(50(40-26-13-14-27-45(40)53-46)38-24-11-9-20-33(38)34-21-10-12-25-39(34)50)28-37(41)35-22-15-23-36(47(35)49)44-30-43(31-16-5-3-6-17-31)51-48(52-44)32-18-7-4-8-19-32/h3-30H,1-2H3. The van der Waals surface area contributed by atoms with E-state index in [2.05, 4.69) is 159 Å². The molecule has 1 spiro atoms. The Morgan fingerprint density at radius 3 is 1.68 bits per heavy atom. The number of para-hydroxylation sites is 1. The molecule has 1 aliphatic heterocycles. The molecule has 3 nitrogen and oxygen atoms in total. The first-order valence-electron chi connectivity index (χ1n) is 18.3. The lowest BCUT2D eigenvalue weighted by Crippen LogP contribution is -2.32. The molecule has 0 N–H and O–H groups in total. The molecule has 3 aliphatic rings. The van der Waals surface area contributed by atoms with Crippen LogP contribution in [0.5, 0.6) is 11.5 Å². The molecule has 0 saturated carbocycles. The third kappa shape index (κ3) is 4.11.